The van der Waals surface area contributed by atoms with Gasteiger partial charge in [-0.15, -0.1) is 10.2 Å². The number of anilines is 1. The molecule has 9 heteroatoms. The van der Waals surface area contributed by atoms with E-state index in [1.807, 2.05) is 0 Å². The number of carbonyl (C=O) groups excluding carboxylic acids is 1. The molecule has 1 heterocycles. The molecule has 0 radical (unpaired) electrons. The summed E-state index contributed by atoms with van der Waals surface area (Å²) in [5, 5.41) is 12.2. The molecule has 2 aliphatic rings. The third kappa shape index (κ3) is 3.94. The van der Waals surface area contributed by atoms with Crippen molar-refractivity contribution in [3.63, 3.8) is 0 Å². The van der Waals surface area contributed by atoms with Crippen LogP contribution in [0.1, 0.15) is 59.8 Å². The molecule has 26 heavy (non-hydrogen) atoms. The molecule has 0 aliphatic heterocycles. The van der Waals surface area contributed by atoms with Crippen molar-refractivity contribution in [2.24, 2.45) is 0 Å². The number of hydrogen-bond acceptors (Lipinski definition) is 6. The number of carbonyl (C=O) groups is 1. The molecule has 1 aromatic heterocycles. The molecule has 7 nitrogen and oxygen atoms in total. The van der Waals surface area contributed by atoms with E-state index in [9.17, 15) is 13.2 Å². The fourth-order valence-corrected chi connectivity index (χ4v) is 5.34. The van der Waals surface area contributed by atoms with Crippen LogP contribution in [-0.2, 0) is 10.0 Å². The molecule has 138 valence electrons. The van der Waals surface area contributed by atoms with E-state index < -0.39 is 10.0 Å². The lowest BCUT2D eigenvalue weighted by Crippen LogP contribution is -2.32. The zero-order chi connectivity index (χ0) is 18.1. The Bertz CT molecular complexity index is 916. The number of amides is 1. The quantitative estimate of drug-likeness (QED) is 0.787. The Kier molecular flexibility index (Phi) is 4.76. The molecule has 0 saturated heterocycles. The zero-order valence-electron chi connectivity index (χ0n) is 14.1. The van der Waals surface area contributed by atoms with Crippen molar-refractivity contribution in [1.82, 2.24) is 14.9 Å². The summed E-state index contributed by atoms with van der Waals surface area (Å²) in [7, 11) is -3.63. The van der Waals surface area contributed by atoms with Gasteiger partial charge in [-0.2, -0.15) is 0 Å². The third-order valence-corrected chi connectivity index (χ3v) is 7.19. The van der Waals surface area contributed by atoms with Gasteiger partial charge in [0.05, 0.1) is 4.90 Å². The van der Waals surface area contributed by atoms with E-state index in [1.165, 1.54) is 23.5 Å². The summed E-state index contributed by atoms with van der Waals surface area (Å²) in [6.45, 7) is 0. The monoisotopic (exact) mass is 392 g/mol. The predicted molar refractivity (Wildman–Crippen MR) is 98.9 cm³/mol. The Hall–Kier alpha value is -1.84. The second-order valence-corrected chi connectivity index (χ2v) is 9.53. The van der Waals surface area contributed by atoms with Crippen LogP contribution in [0.2, 0.25) is 0 Å². The number of sulfonamides is 1. The Morgan fingerprint density at radius 2 is 1.88 bits per heavy atom. The first-order valence-corrected chi connectivity index (χ1v) is 11.1. The van der Waals surface area contributed by atoms with Crippen LogP contribution in [0.15, 0.2) is 29.2 Å². The molecule has 1 aromatic carbocycles. The molecule has 2 N–H and O–H groups in total. The van der Waals surface area contributed by atoms with Gasteiger partial charge in [-0.1, -0.05) is 30.2 Å². The van der Waals surface area contributed by atoms with Crippen molar-refractivity contribution in [3.8, 4) is 0 Å². The molecular weight excluding hydrogens is 372 g/mol. The van der Waals surface area contributed by atoms with Crippen LogP contribution in [-0.4, -0.2) is 30.6 Å². The lowest BCUT2D eigenvalue weighted by molar-refractivity contribution is 0.102. The smallest absolute Gasteiger partial charge is 0.257 e. The van der Waals surface area contributed by atoms with Crippen molar-refractivity contribution in [2.45, 2.75) is 55.4 Å². The van der Waals surface area contributed by atoms with E-state index in [0.29, 0.717) is 11.0 Å². The first-order valence-electron chi connectivity index (χ1n) is 8.78. The van der Waals surface area contributed by atoms with Crippen molar-refractivity contribution < 1.29 is 13.2 Å². The van der Waals surface area contributed by atoms with Crippen molar-refractivity contribution in [3.05, 3.63) is 34.8 Å². The molecule has 2 saturated carbocycles. The van der Waals surface area contributed by atoms with E-state index in [1.54, 1.807) is 12.1 Å². The number of hydrogen-bond donors (Lipinski definition) is 2. The maximum atomic E-state index is 12.5. The molecule has 2 aromatic rings. The molecule has 0 bridgehead atoms. The number of benzene rings is 1. The Labute approximate surface area is 156 Å². The van der Waals surface area contributed by atoms with Gasteiger partial charge >= 0.3 is 0 Å². The maximum absolute atomic E-state index is 12.5. The topological polar surface area (TPSA) is 101 Å². The fourth-order valence-electron chi connectivity index (χ4n) is 3.09. The van der Waals surface area contributed by atoms with Crippen LogP contribution >= 0.6 is 11.3 Å². The summed E-state index contributed by atoms with van der Waals surface area (Å²) in [5.41, 5.74) is 0.280. The van der Waals surface area contributed by atoms with E-state index in [2.05, 4.69) is 20.2 Å². The van der Waals surface area contributed by atoms with Crippen LogP contribution in [0.25, 0.3) is 0 Å². The highest BCUT2D eigenvalue weighted by Crippen LogP contribution is 2.42. The zero-order valence-corrected chi connectivity index (χ0v) is 15.8. The van der Waals surface area contributed by atoms with Crippen LogP contribution in [0.3, 0.4) is 0 Å². The van der Waals surface area contributed by atoms with Gasteiger partial charge in [-0.25, -0.2) is 13.1 Å². The number of nitrogens with zero attached hydrogens (tertiary/aromatic N) is 2. The number of nitrogens with one attached hydrogen (secondary N) is 2. The molecule has 2 fully saturated rings. The maximum Gasteiger partial charge on any atom is 0.257 e. The van der Waals surface area contributed by atoms with Crippen LogP contribution in [0, 0.1) is 0 Å². The summed E-state index contributed by atoms with van der Waals surface area (Å²) >= 11 is 1.37. The highest BCUT2D eigenvalue weighted by Gasteiger charge is 2.28. The number of rotatable bonds is 6. The summed E-state index contributed by atoms with van der Waals surface area (Å²) in [6.07, 6.45) is 6.05. The molecule has 4 rings (SSSR count). The average Bonchev–Trinajstić information content (AvgIpc) is 3.16. The largest absolute Gasteiger partial charge is 0.296 e. The minimum absolute atomic E-state index is 0.0141. The highest BCUT2D eigenvalue weighted by atomic mass is 32.2. The Morgan fingerprint density at radius 1 is 1.12 bits per heavy atom. The van der Waals surface area contributed by atoms with Gasteiger partial charge in [-0.05, 0) is 43.9 Å². The summed E-state index contributed by atoms with van der Waals surface area (Å²) in [4.78, 5) is 12.5. The summed E-state index contributed by atoms with van der Waals surface area (Å²) in [6, 6.07) is 6.06. The van der Waals surface area contributed by atoms with Crippen LogP contribution in [0.4, 0.5) is 5.13 Å². The van der Waals surface area contributed by atoms with E-state index >= 15 is 0 Å². The Morgan fingerprint density at radius 3 is 2.62 bits per heavy atom. The summed E-state index contributed by atoms with van der Waals surface area (Å²) < 4.78 is 27.8. The predicted octanol–water partition coefficient (Wildman–Crippen LogP) is 2.89. The fraction of sp³-hybridized carbons (Fsp3) is 0.471. The van der Waals surface area contributed by atoms with Crippen molar-refractivity contribution >= 4 is 32.4 Å². The van der Waals surface area contributed by atoms with Gasteiger partial charge < -0.3 is 0 Å². The normalized spacial score (nSPS) is 18.2. The van der Waals surface area contributed by atoms with Gasteiger partial charge in [0, 0.05) is 17.5 Å². The molecule has 0 atom stereocenters. The van der Waals surface area contributed by atoms with E-state index in [-0.39, 0.29) is 22.4 Å². The van der Waals surface area contributed by atoms with Crippen molar-refractivity contribution in [1.29, 1.82) is 0 Å². The van der Waals surface area contributed by atoms with Crippen molar-refractivity contribution in [2.75, 3.05) is 5.32 Å². The first-order chi connectivity index (χ1) is 12.5. The number of aromatic nitrogens is 2. The average molecular weight is 393 g/mol. The van der Waals surface area contributed by atoms with Crippen LogP contribution < -0.4 is 10.0 Å². The summed E-state index contributed by atoms with van der Waals surface area (Å²) in [5.74, 6) is 0.0923. The second-order valence-electron chi connectivity index (χ2n) is 6.80. The molecular formula is C17H20N4O3S2. The molecule has 2 aliphatic carbocycles. The first kappa shape index (κ1) is 17.6. The van der Waals surface area contributed by atoms with Crippen LogP contribution in [0.5, 0.6) is 0 Å². The van der Waals surface area contributed by atoms with E-state index in [0.717, 1.165) is 43.5 Å². The lowest BCUT2D eigenvalue weighted by atomic mass is 10.2. The molecule has 0 spiro atoms. The van der Waals surface area contributed by atoms with Gasteiger partial charge in [-0.3, -0.25) is 10.1 Å². The molecule has 0 unspecified atom stereocenters. The second kappa shape index (κ2) is 7.05. The minimum atomic E-state index is -3.63. The minimum Gasteiger partial charge on any atom is -0.296 e. The lowest BCUT2D eigenvalue weighted by Gasteiger charge is -2.13. The van der Waals surface area contributed by atoms with Gasteiger partial charge in [0.1, 0.15) is 5.01 Å². The standard InChI is InChI=1S/C17H20N4O3S2/c22-15(18-17-20-19-16(25-17)11-8-9-11)12-4-3-7-14(10-12)26(23,24)21-13-5-1-2-6-13/h3-4,7,10-11,13,21H,1-2,5-6,8-9H2,(H,18,20,22). The van der Waals surface area contributed by atoms with E-state index in [4.69, 9.17) is 0 Å². The third-order valence-electron chi connectivity index (χ3n) is 4.67. The molecule has 1 amide bonds. The van der Waals surface area contributed by atoms with Gasteiger partial charge in [0.2, 0.25) is 15.2 Å². The van der Waals surface area contributed by atoms with Gasteiger partial charge in [0.25, 0.3) is 5.91 Å². The highest BCUT2D eigenvalue weighted by molar-refractivity contribution is 7.89. The van der Waals surface area contributed by atoms with Gasteiger partial charge in [0.15, 0.2) is 0 Å². The Balaban J connectivity index is 1.47. The SMILES string of the molecule is O=C(Nc1nnc(C2CC2)s1)c1cccc(S(=O)(=O)NC2CCCC2)c1.